The molecule has 1 saturated heterocycles. The van der Waals surface area contributed by atoms with Crippen molar-refractivity contribution in [2.24, 2.45) is 0 Å². The van der Waals surface area contributed by atoms with E-state index >= 15 is 0 Å². The number of methoxy groups -OCH3 is 1. The molecule has 1 aliphatic heterocycles. The third-order valence-corrected chi connectivity index (χ3v) is 2.85. The summed E-state index contributed by atoms with van der Waals surface area (Å²) >= 11 is 0. The van der Waals surface area contributed by atoms with Gasteiger partial charge in [0, 0.05) is 47.4 Å². The Morgan fingerprint density at radius 2 is 1.76 bits per heavy atom. The normalized spacial score (nSPS) is 17.0. The molecule has 6 nitrogen and oxygen atoms in total. The van der Waals surface area contributed by atoms with Crippen LogP contribution in [0.15, 0.2) is 0 Å². The lowest BCUT2D eigenvalue weighted by molar-refractivity contribution is -0.137. The van der Waals surface area contributed by atoms with Crippen molar-refractivity contribution in [2.45, 2.75) is 0 Å². The zero-order valence-corrected chi connectivity index (χ0v) is 10.8. The summed E-state index contributed by atoms with van der Waals surface area (Å²) in [6.07, 6.45) is 0. The Labute approximate surface area is 102 Å². The zero-order chi connectivity index (χ0) is 12.8. The fourth-order valence-electron chi connectivity index (χ4n) is 1.70. The van der Waals surface area contributed by atoms with Crippen molar-refractivity contribution < 1.29 is 14.3 Å². The number of piperazine rings is 1. The molecule has 0 unspecified atom stereocenters. The summed E-state index contributed by atoms with van der Waals surface area (Å²) in [6, 6.07) is 0. The van der Waals surface area contributed by atoms with Crippen LogP contribution >= 0.6 is 0 Å². The Hall–Kier alpha value is -1.14. The molecule has 0 N–H and O–H groups in total. The van der Waals surface area contributed by atoms with E-state index in [4.69, 9.17) is 4.74 Å². The number of carbonyl (C=O) groups is 2. The zero-order valence-electron chi connectivity index (χ0n) is 10.8. The minimum absolute atomic E-state index is 0.0195. The molecule has 1 aliphatic rings. The van der Waals surface area contributed by atoms with Gasteiger partial charge < -0.3 is 14.5 Å². The van der Waals surface area contributed by atoms with Gasteiger partial charge in [-0.3, -0.25) is 14.5 Å². The van der Waals surface area contributed by atoms with Gasteiger partial charge in [0.2, 0.25) is 11.8 Å². The minimum Gasteiger partial charge on any atom is -0.375 e. The van der Waals surface area contributed by atoms with Gasteiger partial charge in [0.25, 0.3) is 0 Å². The highest BCUT2D eigenvalue weighted by molar-refractivity contribution is 5.78. The molecule has 1 heterocycles. The van der Waals surface area contributed by atoms with Crippen LogP contribution in [0.2, 0.25) is 0 Å². The highest BCUT2D eigenvalue weighted by Crippen LogP contribution is 2.02. The number of amides is 2. The van der Waals surface area contributed by atoms with Gasteiger partial charge in [-0.15, -0.1) is 0 Å². The van der Waals surface area contributed by atoms with Crippen molar-refractivity contribution in [1.82, 2.24) is 14.7 Å². The van der Waals surface area contributed by atoms with Crippen molar-refractivity contribution in [1.29, 1.82) is 0 Å². The predicted molar refractivity (Wildman–Crippen MR) is 63.6 cm³/mol. The maximum Gasteiger partial charge on any atom is 0.248 e. The third kappa shape index (κ3) is 4.32. The molecule has 98 valence electrons. The summed E-state index contributed by atoms with van der Waals surface area (Å²) in [5.74, 6) is 0.118. The van der Waals surface area contributed by atoms with Crippen LogP contribution in [0.25, 0.3) is 0 Å². The Morgan fingerprint density at radius 3 is 2.24 bits per heavy atom. The molecule has 2 amide bonds. The van der Waals surface area contributed by atoms with Gasteiger partial charge >= 0.3 is 0 Å². The van der Waals surface area contributed by atoms with E-state index < -0.39 is 0 Å². The summed E-state index contributed by atoms with van der Waals surface area (Å²) in [4.78, 5) is 28.5. The summed E-state index contributed by atoms with van der Waals surface area (Å²) in [5, 5.41) is 0. The van der Waals surface area contributed by atoms with E-state index in [1.807, 2.05) is 0 Å². The minimum atomic E-state index is 0.0195. The second-order valence-corrected chi connectivity index (χ2v) is 4.38. The monoisotopic (exact) mass is 243 g/mol. The number of likely N-dealkylation sites (N-methyl/N-ethyl adjacent to an activating group) is 1. The molecular weight excluding hydrogens is 222 g/mol. The largest absolute Gasteiger partial charge is 0.375 e. The Bertz CT molecular complexity index is 273. The second-order valence-electron chi connectivity index (χ2n) is 4.38. The molecule has 1 rings (SSSR count). The first-order valence-electron chi connectivity index (χ1n) is 5.74. The van der Waals surface area contributed by atoms with Crippen LogP contribution in [-0.4, -0.2) is 87.0 Å². The molecule has 0 saturated carbocycles. The standard InChI is InChI=1S/C11H21N3O3/c1-12(2)10(15)8-13-4-6-14(7-5-13)11(16)9-17-3/h4-9H2,1-3H3. The van der Waals surface area contributed by atoms with Crippen LogP contribution < -0.4 is 0 Å². The van der Waals surface area contributed by atoms with E-state index in [1.54, 1.807) is 23.9 Å². The molecule has 0 aliphatic carbocycles. The molecule has 0 aromatic rings. The number of nitrogens with zero attached hydrogens (tertiary/aromatic N) is 3. The SMILES string of the molecule is COCC(=O)N1CCN(CC(=O)N(C)C)CC1. The van der Waals surface area contributed by atoms with Crippen molar-refractivity contribution in [3.8, 4) is 0 Å². The fraction of sp³-hybridized carbons (Fsp3) is 0.818. The fourth-order valence-corrected chi connectivity index (χ4v) is 1.70. The summed E-state index contributed by atoms with van der Waals surface area (Å²) < 4.78 is 4.81. The molecule has 0 radical (unpaired) electrons. The van der Waals surface area contributed by atoms with Crippen LogP contribution in [0.1, 0.15) is 0 Å². The predicted octanol–water partition coefficient (Wildman–Crippen LogP) is -1.13. The maximum atomic E-state index is 11.5. The maximum absolute atomic E-state index is 11.5. The molecule has 0 bridgehead atoms. The van der Waals surface area contributed by atoms with Gasteiger partial charge in [-0.2, -0.15) is 0 Å². The third-order valence-electron chi connectivity index (χ3n) is 2.85. The number of carbonyl (C=O) groups excluding carboxylic acids is 2. The number of hydrogen-bond donors (Lipinski definition) is 0. The molecule has 17 heavy (non-hydrogen) atoms. The first kappa shape index (κ1) is 13.9. The summed E-state index contributed by atoms with van der Waals surface area (Å²) in [5.41, 5.74) is 0. The average Bonchev–Trinajstić information content (AvgIpc) is 2.30. The second kappa shape index (κ2) is 6.56. The molecular formula is C11H21N3O3. The highest BCUT2D eigenvalue weighted by atomic mass is 16.5. The number of ether oxygens (including phenoxy) is 1. The first-order chi connectivity index (χ1) is 8.04. The lowest BCUT2D eigenvalue weighted by atomic mass is 10.3. The first-order valence-corrected chi connectivity index (χ1v) is 5.74. The van der Waals surface area contributed by atoms with E-state index in [1.165, 1.54) is 7.11 Å². The van der Waals surface area contributed by atoms with Crippen LogP contribution in [0.4, 0.5) is 0 Å². The van der Waals surface area contributed by atoms with Gasteiger partial charge in [0.1, 0.15) is 6.61 Å². The van der Waals surface area contributed by atoms with E-state index in [2.05, 4.69) is 4.90 Å². The number of rotatable bonds is 4. The van der Waals surface area contributed by atoms with Crippen molar-refractivity contribution >= 4 is 11.8 Å². The van der Waals surface area contributed by atoms with Crippen LogP contribution in [-0.2, 0) is 14.3 Å². The molecule has 0 aromatic heterocycles. The van der Waals surface area contributed by atoms with Crippen molar-refractivity contribution in [2.75, 3.05) is 60.5 Å². The van der Waals surface area contributed by atoms with E-state index in [-0.39, 0.29) is 18.4 Å². The van der Waals surface area contributed by atoms with Crippen LogP contribution in [0, 0.1) is 0 Å². The lowest BCUT2D eigenvalue weighted by Gasteiger charge is -2.34. The van der Waals surface area contributed by atoms with Gasteiger partial charge in [-0.1, -0.05) is 0 Å². The Morgan fingerprint density at radius 1 is 1.18 bits per heavy atom. The van der Waals surface area contributed by atoms with Crippen molar-refractivity contribution in [3.63, 3.8) is 0 Å². The van der Waals surface area contributed by atoms with Gasteiger partial charge in [-0.05, 0) is 0 Å². The van der Waals surface area contributed by atoms with Gasteiger partial charge in [0.15, 0.2) is 0 Å². The van der Waals surface area contributed by atoms with Crippen LogP contribution in [0.3, 0.4) is 0 Å². The average molecular weight is 243 g/mol. The molecule has 1 fully saturated rings. The Balaban J connectivity index is 2.31. The molecule has 6 heteroatoms. The molecule has 0 spiro atoms. The topological polar surface area (TPSA) is 53.1 Å². The summed E-state index contributed by atoms with van der Waals surface area (Å²) in [6.45, 7) is 3.39. The summed E-state index contributed by atoms with van der Waals surface area (Å²) in [7, 11) is 5.02. The molecule has 0 atom stereocenters. The van der Waals surface area contributed by atoms with E-state index in [9.17, 15) is 9.59 Å². The Kier molecular flexibility index (Phi) is 5.37. The van der Waals surface area contributed by atoms with Crippen molar-refractivity contribution in [3.05, 3.63) is 0 Å². The molecule has 0 aromatic carbocycles. The smallest absolute Gasteiger partial charge is 0.248 e. The number of hydrogen-bond acceptors (Lipinski definition) is 4. The highest BCUT2D eigenvalue weighted by Gasteiger charge is 2.22. The van der Waals surface area contributed by atoms with Gasteiger partial charge in [0.05, 0.1) is 6.54 Å². The van der Waals surface area contributed by atoms with Gasteiger partial charge in [-0.25, -0.2) is 0 Å². The quantitative estimate of drug-likeness (QED) is 0.627. The van der Waals surface area contributed by atoms with E-state index in [0.29, 0.717) is 19.6 Å². The lowest BCUT2D eigenvalue weighted by Crippen LogP contribution is -2.51. The van der Waals surface area contributed by atoms with Crippen LogP contribution in [0.5, 0.6) is 0 Å². The van der Waals surface area contributed by atoms with E-state index in [0.717, 1.165) is 13.1 Å².